The lowest BCUT2D eigenvalue weighted by Crippen LogP contribution is -2.27. The molecule has 4 nitrogen and oxygen atoms in total. The number of carbonyl (C=O) groups excluding carboxylic acids is 1. The molecule has 3 heterocycles. The minimum atomic E-state index is 0.0894. The lowest BCUT2D eigenvalue weighted by Gasteiger charge is -2.24. The maximum absolute atomic E-state index is 12.3. The summed E-state index contributed by atoms with van der Waals surface area (Å²) in [6.07, 6.45) is 4.49. The van der Waals surface area contributed by atoms with E-state index in [1.165, 1.54) is 11.1 Å². The number of rotatable bonds is 3. The van der Waals surface area contributed by atoms with Crippen molar-refractivity contribution in [1.29, 1.82) is 0 Å². The van der Waals surface area contributed by atoms with Crippen LogP contribution < -0.4 is 4.74 Å². The molecule has 0 bridgehead atoms. The molecule has 5 heteroatoms. The molecule has 2 aliphatic heterocycles. The molecule has 0 saturated carbocycles. The van der Waals surface area contributed by atoms with Gasteiger partial charge < -0.3 is 9.64 Å². The summed E-state index contributed by atoms with van der Waals surface area (Å²) in [7, 11) is 0. The Morgan fingerprint density at radius 3 is 3.00 bits per heavy atom. The molecule has 1 fully saturated rings. The molecular formula is C17H16N2O2S. The Balaban J connectivity index is 1.61. The maximum Gasteiger partial charge on any atom is 0.234 e. The molecule has 112 valence electrons. The first-order chi connectivity index (χ1) is 10.8. The average molecular weight is 312 g/mol. The highest BCUT2D eigenvalue weighted by molar-refractivity contribution is 8.00. The topological polar surface area (TPSA) is 42.4 Å². The number of carbonyl (C=O) groups is 1. The van der Waals surface area contributed by atoms with Crippen LogP contribution in [0.2, 0.25) is 0 Å². The zero-order chi connectivity index (χ0) is 14.9. The Morgan fingerprint density at radius 1 is 1.27 bits per heavy atom. The summed E-state index contributed by atoms with van der Waals surface area (Å²) < 4.78 is 5.57. The van der Waals surface area contributed by atoms with Crippen LogP contribution in [0.5, 0.6) is 5.75 Å². The first-order valence-electron chi connectivity index (χ1n) is 7.37. The third-order valence-electron chi connectivity index (χ3n) is 4.07. The molecule has 0 radical (unpaired) electrons. The second-order valence-electron chi connectivity index (χ2n) is 5.51. The SMILES string of the molecule is O=C1CSC(c2ccc3c(c2)CCO3)N1Cc1ccncc1. The fourth-order valence-corrected chi connectivity index (χ4v) is 4.12. The maximum atomic E-state index is 12.3. The van der Waals surface area contributed by atoms with Gasteiger partial charge in [-0.3, -0.25) is 9.78 Å². The number of hydrogen-bond donors (Lipinski definition) is 0. The van der Waals surface area contributed by atoms with Gasteiger partial charge in [0.25, 0.3) is 0 Å². The van der Waals surface area contributed by atoms with Crippen molar-refractivity contribution in [3.63, 3.8) is 0 Å². The molecule has 0 spiro atoms. The number of pyridine rings is 1. The van der Waals surface area contributed by atoms with Gasteiger partial charge >= 0.3 is 0 Å². The van der Waals surface area contributed by atoms with Crippen LogP contribution in [0.25, 0.3) is 0 Å². The van der Waals surface area contributed by atoms with Crippen LogP contribution in [0.4, 0.5) is 0 Å². The fourth-order valence-electron chi connectivity index (χ4n) is 2.95. The molecule has 1 saturated heterocycles. The third-order valence-corrected chi connectivity index (χ3v) is 5.33. The lowest BCUT2D eigenvalue weighted by atomic mass is 10.1. The van der Waals surface area contributed by atoms with Gasteiger partial charge in [-0.15, -0.1) is 11.8 Å². The van der Waals surface area contributed by atoms with Gasteiger partial charge in [0.1, 0.15) is 11.1 Å². The highest BCUT2D eigenvalue weighted by Crippen LogP contribution is 2.41. The molecule has 2 aromatic rings. The van der Waals surface area contributed by atoms with Crippen molar-refractivity contribution in [3.05, 3.63) is 59.4 Å². The molecule has 1 unspecified atom stereocenters. The van der Waals surface area contributed by atoms with Crippen LogP contribution >= 0.6 is 11.8 Å². The number of thioether (sulfide) groups is 1. The Bertz CT molecular complexity index is 705. The molecule has 1 aromatic heterocycles. The van der Waals surface area contributed by atoms with Crippen molar-refractivity contribution in [2.75, 3.05) is 12.4 Å². The third kappa shape index (κ3) is 2.46. The summed E-state index contributed by atoms with van der Waals surface area (Å²) >= 11 is 1.70. The zero-order valence-electron chi connectivity index (χ0n) is 12.1. The monoisotopic (exact) mass is 312 g/mol. The Kier molecular flexibility index (Phi) is 3.50. The van der Waals surface area contributed by atoms with Crippen molar-refractivity contribution in [2.24, 2.45) is 0 Å². The van der Waals surface area contributed by atoms with Crippen LogP contribution in [0.1, 0.15) is 22.1 Å². The number of ether oxygens (including phenoxy) is 1. The number of benzene rings is 1. The first kappa shape index (κ1) is 13.6. The van der Waals surface area contributed by atoms with Gasteiger partial charge in [0.2, 0.25) is 5.91 Å². The number of fused-ring (bicyclic) bond motifs is 1. The highest BCUT2D eigenvalue weighted by Gasteiger charge is 2.33. The van der Waals surface area contributed by atoms with Gasteiger partial charge in [-0.05, 0) is 41.0 Å². The van der Waals surface area contributed by atoms with Gasteiger partial charge in [-0.25, -0.2) is 0 Å². The number of aromatic nitrogens is 1. The van der Waals surface area contributed by atoms with E-state index in [-0.39, 0.29) is 11.3 Å². The number of hydrogen-bond acceptors (Lipinski definition) is 4. The summed E-state index contributed by atoms with van der Waals surface area (Å²) in [5, 5.41) is 0.0894. The summed E-state index contributed by atoms with van der Waals surface area (Å²) in [6, 6.07) is 10.2. The number of amides is 1. The normalized spacial score (nSPS) is 20.1. The quantitative estimate of drug-likeness (QED) is 0.874. The predicted octanol–water partition coefficient (Wildman–Crippen LogP) is 2.79. The van der Waals surface area contributed by atoms with E-state index in [0.29, 0.717) is 12.3 Å². The van der Waals surface area contributed by atoms with E-state index in [1.807, 2.05) is 23.1 Å². The molecule has 0 aliphatic carbocycles. The van der Waals surface area contributed by atoms with E-state index in [2.05, 4.69) is 17.1 Å². The summed E-state index contributed by atoms with van der Waals surface area (Å²) in [4.78, 5) is 18.2. The summed E-state index contributed by atoms with van der Waals surface area (Å²) in [6.45, 7) is 1.39. The van der Waals surface area contributed by atoms with Crippen LogP contribution in [-0.2, 0) is 17.8 Å². The van der Waals surface area contributed by atoms with Crippen LogP contribution in [-0.4, -0.2) is 28.2 Å². The van der Waals surface area contributed by atoms with E-state index in [1.54, 1.807) is 24.2 Å². The van der Waals surface area contributed by atoms with E-state index in [9.17, 15) is 4.79 Å². The molecule has 2 aliphatic rings. The van der Waals surface area contributed by atoms with Crippen molar-refractivity contribution >= 4 is 17.7 Å². The van der Waals surface area contributed by atoms with Crippen LogP contribution in [0.15, 0.2) is 42.7 Å². The molecule has 4 rings (SSSR count). The van der Waals surface area contributed by atoms with Crippen molar-refractivity contribution in [2.45, 2.75) is 18.3 Å². The van der Waals surface area contributed by atoms with Crippen LogP contribution in [0.3, 0.4) is 0 Å². The minimum Gasteiger partial charge on any atom is -0.493 e. The Morgan fingerprint density at radius 2 is 2.14 bits per heavy atom. The van der Waals surface area contributed by atoms with Gasteiger partial charge in [-0.2, -0.15) is 0 Å². The van der Waals surface area contributed by atoms with Crippen molar-refractivity contribution in [3.8, 4) is 5.75 Å². The second-order valence-corrected chi connectivity index (χ2v) is 6.57. The smallest absolute Gasteiger partial charge is 0.234 e. The van der Waals surface area contributed by atoms with Crippen molar-refractivity contribution < 1.29 is 9.53 Å². The summed E-state index contributed by atoms with van der Waals surface area (Å²) in [5.41, 5.74) is 3.55. The average Bonchev–Trinajstić information content (AvgIpc) is 3.15. The second kappa shape index (κ2) is 5.65. The van der Waals surface area contributed by atoms with E-state index in [0.717, 1.165) is 24.3 Å². The summed E-state index contributed by atoms with van der Waals surface area (Å²) in [5.74, 6) is 1.73. The molecule has 22 heavy (non-hydrogen) atoms. The number of nitrogens with zero attached hydrogens (tertiary/aromatic N) is 2. The zero-order valence-corrected chi connectivity index (χ0v) is 12.9. The first-order valence-corrected chi connectivity index (χ1v) is 8.42. The lowest BCUT2D eigenvalue weighted by molar-refractivity contribution is -0.128. The molecule has 1 amide bonds. The van der Waals surface area contributed by atoms with E-state index >= 15 is 0 Å². The van der Waals surface area contributed by atoms with Gasteiger partial charge in [0, 0.05) is 25.4 Å². The predicted molar refractivity (Wildman–Crippen MR) is 85.6 cm³/mol. The van der Waals surface area contributed by atoms with E-state index in [4.69, 9.17) is 4.74 Å². The van der Waals surface area contributed by atoms with Gasteiger partial charge in [0.15, 0.2) is 0 Å². The Labute approximate surface area is 133 Å². The largest absolute Gasteiger partial charge is 0.493 e. The van der Waals surface area contributed by atoms with E-state index < -0.39 is 0 Å². The highest BCUT2D eigenvalue weighted by atomic mass is 32.2. The van der Waals surface area contributed by atoms with Gasteiger partial charge in [0.05, 0.1) is 12.4 Å². The molecular weight excluding hydrogens is 296 g/mol. The molecule has 1 atom stereocenters. The molecule has 1 aromatic carbocycles. The fraction of sp³-hybridized carbons (Fsp3) is 0.294. The van der Waals surface area contributed by atoms with Gasteiger partial charge in [-0.1, -0.05) is 6.07 Å². The Hall–Kier alpha value is -2.01. The van der Waals surface area contributed by atoms with Crippen molar-refractivity contribution in [1.82, 2.24) is 9.88 Å². The standard InChI is InChI=1S/C17H16N2O2S/c20-16-11-22-17(19(16)10-12-3-6-18-7-4-12)14-1-2-15-13(9-14)5-8-21-15/h1-4,6-7,9,17H,5,8,10-11H2. The van der Waals surface area contributed by atoms with Crippen LogP contribution in [0, 0.1) is 0 Å². The molecule has 0 N–H and O–H groups in total. The minimum absolute atomic E-state index is 0.0894.